The van der Waals surface area contributed by atoms with Crippen LogP contribution in [0.5, 0.6) is 5.75 Å². The van der Waals surface area contributed by atoms with Crippen molar-refractivity contribution >= 4 is 23.4 Å². The van der Waals surface area contributed by atoms with E-state index in [9.17, 15) is 5.11 Å². The molecule has 0 unspecified atom stereocenters. The minimum absolute atomic E-state index is 0.363. The number of aliphatic hydroxyl groups is 1. The van der Waals surface area contributed by atoms with Gasteiger partial charge in [-0.05, 0) is 18.2 Å². The molecule has 76 valence electrons. The monoisotopic (exact) mass is 230 g/mol. The first-order valence-corrected chi connectivity index (χ1v) is 5.96. The Morgan fingerprint density at radius 3 is 3.21 bits per heavy atom. The van der Waals surface area contributed by atoms with Crippen molar-refractivity contribution in [2.24, 2.45) is 0 Å². The summed E-state index contributed by atoms with van der Waals surface area (Å²) in [6.07, 6.45) is -0.371. The molecule has 14 heavy (non-hydrogen) atoms. The number of fused-ring (bicyclic) bond motifs is 1. The van der Waals surface area contributed by atoms with Gasteiger partial charge in [-0.1, -0.05) is 11.6 Å². The number of benzene rings is 1. The molecule has 1 aliphatic rings. The van der Waals surface area contributed by atoms with Gasteiger partial charge in [-0.2, -0.15) is 11.8 Å². The van der Waals surface area contributed by atoms with Crippen LogP contribution in [0.15, 0.2) is 18.2 Å². The summed E-state index contributed by atoms with van der Waals surface area (Å²) < 4.78 is 5.47. The molecule has 0 bridgehead atoms. The van der Waals surface area contributed by atoms with Crippen LogP contribution >= 0.6 is 23.4 Å². The zero-order valence-corrected chi connectivity index (χ0v) is 9.14. The maximum atomic E-state index is 9.42. The van der Waals surface area contributed by atoms with Gasteiger partial charge in [0.05, 0.1) is 6.10 Å². The van der Waals surface area contributed by atoms with E-state index in [0.717, 1.165) is 22.1 Å². The van der Waals surface area contributed by atoms with E-state index in [1.165, 1.54) is 0 Å². The van der Waals surface area contributed by atoms with Gasteiger partial charge in [0, 0.05) is 22.1 Å². The average molecular weight is 231 g/mol. The van der Waals surface area contributed by atoms with Crippen molar-refractivity contribution in [3.8, 4) is 5.75 Å². The largest absolute Gasteiger partial charge is 0.491 e. The molecule has 0 spiro atoms. The van der Waals surface area contributed by atoms with Crippen LogP contribution in [0.2, 0.25) is 5.02 Å². The van der Waals surface area contributed by atoms with Crippen molar-refractivity contribution in [3.05, 3.63) is 28.8 Å². The molecule has 0 radical (unpaired) electrons. The highest BCUT2D eigenvalue weighted by atomic mass is 35.5. The minimum atomic E-state index is -0.371. The fraction of sp³-hybridized carbons (Fsp3) is 0.400. The standard InChI is InChI=1S/C10H11ClO2S/c11-8-1-2-10-7(3-8)5-14-6-9(12)4-13-10/h1-3,9,12H,4-6H2/t9-/m0/s1. The molecule has 0 aliphatic carbocycles. The molecule has 1 N–H and O–H groups in total. The summed E-state index contributed by atoms with van der Waals surface area (Å²) in [6.45, 7) is 0.363. The highest BCUT2D eigenvalue weighted by Crippen LogP contribution is 2.28. The Morgan fingerprint density at radius 2 is 2.36 bits per heavy atom. The van der Waals surface area contributed by atoms with Gasteiger partial charge in [-0.3, -0.25) is 0 Å². The predicted octanol–water partition coefficient (Wildman–Crippen LogP) is 2.33. The average Bonchev–Trinajstić information content (AvgIpc) is 2.13. The molecule has 2 nitrogen and oxygen atoms in total. The second-order valence-electron chi connectivity index (χ2n) is 3.23. The summed E-state index contributed by atoms with van der Waals surface area (Å²) in [5.74, 6) is 2.39. The van der Waals surface area contributed by atoms with Crippen molar-refractivity contribution in [1.29, 1.82) is 0 Å². The third kappa shape index (κ3) is 2.35. The lowest BCUT2D eigenvalue weighted by Gasteiger charge is -2.18. The summed E-state index contributed by atoms with van der Waals surface area (Å²) in [7, 11) is 0. The maximum absolute atomic E-state index is 9.42. The van der Waals surface area contributed by atoms with E-state index in [1.54, 1.807) is 17.8 Å². The number of aliphatic hydroxyl groups excluding tert-OH is 1. The smallest absolute Gasteiger partial charge is 0.123 e. The van der Waals surface area contributed by atoms with Crippen LogP contribution in [0.1, 0.15) is 5.56 Å². The number of hydrogen-bond acceptors (Lipinski definition) is 3. The second-order valence-corrected chi connectivity index (χ2v) is 4.70. The van der Waals surface area contributed by atoms with Crippen molar-refractivity contribution in [2.45, 2.75) is 11.9 Å². The van der Waals surface area contributed by atoms with E-state index >= 15 is 0 Å². The zero-order chi connectivity index (χ0) is 9.97. The Kier molecular flexibility index (Phi) is 3.21. The molecule has 0 fully saturated rings. The van der Waals surface area contributed by atoms with Crippen molar-refractivity contribution in [3.63, 3.8) is 0 Å². The predicted molar refractivity (Wildman–Crippen MR) is 59.1 cm³/mol. The first-order chi connectivity index (χ1) is 6.75. The van der Waals surface area contributed by atoms with Crippen LogP contribution in [-0.2, 0) is 5.75 Å². The van der Waals surface area contributed by atoms with Crippen LogP contribution in [-0.4, -0.2) is 23.6 Å². The van der Waals surface area contributed by atoms with Gasteiger partial charge in [-0.25, -0.2) is 0 Å². The molecule has 1 aliphatic heterocycles. The van der Waals surface area contributed by atoms with E-state index in [1.807, 2.05) is 12.1 Å². The molecule has 1 heterocycles. The van der Waals surface area contributed by atoms with Crippen molar-refractivity contribution < 1.29 is 9.84 Å². The highest BCUT2D eigenvalue weighted by molar-refractivity contribution is 7.98. The van der Waals surface area contributed by atoms with Gasteiger partial charge in [0.25, 0.3) is 0 Å². The van der Waals surface area contributed by atoms with Crippen LogP contribution in [0.3, 0.4) is 0 Å². The number of ether oxygens (including phenoxy) is 1. The van der Waals surface area contributed by atoms with Crippen LogP contribution in [0.25, 0.3) is 0 Å². The fourth-order valence-electron chi connectivity index (χ4n) is 1.34. The SMILES string of the molecule is O[C@H]1COc2ccc(Cl)cc2CSC1. The van der Waals surface area contributed by atoms with Crippen molar-refractivity contribution in [2.75, 3.05) is 12.4 Å². The summed E-state index contributed by atoms with van der Waals surface area (Å²) in [4.78, 5) is 0. The quantitative estimate of drug-likeness (QED) is 0.742. The van der Waals surface area contributed by atoms with E-state index in [-0.39, 0.29) is 6.10 Å². The second kappa shape index (κ2) is 4.43. The van der Waals surface area contributed by atoms with Crippen molar-refractivity contribution in [1.82, 2.24) is 0 Å². The lowest BCUT2D eigenvalue weighted by molar-refractivity contribution is 0.125. The summed E-state index contributed by atoms with van der Waals surface area (Å²) >= 11 is 7.59. The molecule has 1 aromatic rings. The zero-order valence-electron chi connectivity index (χ0n) is 7.57. The third-order valence-corrected chi connectivity index (χ3v) is 3.39. The number of hydrogen-bond donors (Lipinski definition) is 1. The molecule has 4 heteroatoms. The van der Waals surface area contributed by atoms with Gasteiger partial charge < -0.3 is 9.84 Å². The molecular weight excluding hydrogens is 220 g/mol. The van der Waals surface area contributed by atoms with E-state index in [0.29, 0.717) is 12.4 Å². The molecule has 1 atom stereocenters. The Labute approximate surface area is 92.2 Å². The normalized spacial score (nSPS) is 21.7. The number of thioether (sulfide) groups is 1. The molecule has 1 aromatic carbocycles. The molecular formula is C10H11ClO2S. The van der Waals surface area contributed by atoms with Gasteiger partial charge in [0.1, 0.15) is 12.4 Å². The van der Waals surface area contributed by atoms with Gasteiger partial charge in [0.15, 0.2) is 0 Å². The highest BCUT2D eigenvalue weighted by Gasteiger charge is 2.13. The Morgan fingerprint density at radius 1 is 1.50 bits per heavy atom. The number of rotatable bonds is 0. The van der Waals surface area contributed by atoms with Gasteiger partial charge >= 0.3 is 0 Å². The van der Waals surface area contributed by atoms with Crippen LogP contribution in [0.4, 0.5) is 0 Å². The topological polar surface area (TPSA) is 29.5 Å². The fourth-order valence-corrected chi connectivity index (χ4v) is 2.47. The Bertz CT molecular complexity index is 330. The first kappa shape index (κ1) is 10.1. The van der Waals surface area contributed by atoms with E-state index in [2.05, 4.69) is 0 Å². The molecule has 0 saturated heterocycles. The molecule has 0 aromatic heterocycles. The lowest BCUT2D eigenvalue weighted by Crippen LogP contribution is -2.22. The van der Waals surface area contributed by atoms with Gasteiger partial charge in [0.2, 0.25) is 0 Å². The summed E-state index contributed by atoms with van der Waals surface area (Å²) in [6, 6.07) is 5.58. The van der Waals surface area contributed by atoms with E-state index < -0.39 is 0 Å². The maximum Gasteiger partial charge on any atom is 0.123 e. The minimum Gasteiger partial charge on any atom is -0.491 e. The van der Waals surface area contributed by atoms with Gasteiger partial charge in [-0.15, -0.1) is 0 Å². The Hall–Kier alpha value is -0.380. The molecule has 2 rings (SSSR count). The van der Waals surface area contributed by atoms with E-state index in [4.69, 9.17) is 16.3 Å². The Balaban J connectivity index is 2.24. The first-order valence-electron chi connectivity index (χ1n) is 4.43. The molecule has 0 amide bonds. The number of halogens is 1. The van der Waals surface area contributed by atoms with Crippen LogP contribution < -0.4 is 4.74 Å². The summed E-state index contributed by atoms with van der Waals surface area (Å²) in [5, 5.41) is 10.2. The molecule has 0 saturated carbocycles. The van der Waals surface area contributed by atoms with Crippen LogP contribution in [0, 0.1) is 0 Å². The third-order valence-electron chi connectivity index (χ3n) is 2.02. The lowest BCUT2D eigenvalue weighted by atomic mass is 10.2. The summed E-state index contributed by atoms with van der Waals surface area (Å²) in [5.41, 5.74) is 1.11.